The van der Waals surface area contributed by atoms with E-state index in [9.17, 15) is 4.79 Å². The van der Waals surface area contributed by atoms with Crippen molar-refractivity contribution >= 4 is 11.6 Å². The molecule has 0 aliphatic carbocycles. The topological polar surface area (TPSA) is 59.8 Å². The smallest absolute Gasteiger partial charge is 0.257 e. The first-order valence-electron chi connectivity index (χ1n) is 7.41. The van der Waals surface area contributed by atoms with Gasteiger partial charge >= 0.3 is 0 Å². The summed E-state index contributed by atoms with van der Waals surface area (Å²) in [5, 5.41) is 2.92. The van der Waals surface area contributed by atoms with Crippen LogP contribution in [0.15, 0.2) is 55.1 Å². The van der Waals surface area contributed by atoms with Gasteiger partial charge in [0.15, 0.2) is 0 Å². The standard InChI is InChI=1S/C18H18N4O/c1-13-8-16(11-19-10-13)18(23)21-17-5-3-4-15(9-17)12-22-7-6-20-14(22)2/h3-11H,12H2,1-2H3,(H,21,23). The summed E-state index contributed by atoms with van der Waals surface area (Å²) in [7, 11) is 0. The van der Waals surface area contributed by atoms with E-state index in [1.165, 1.54) is 0 Å². The number of hydrogen-bond acceptors (Lipinski definition) is 3. The third kappa shape index (κ3) is 3.63. The van der Waals surface area contributed by atoms with E-state index in [0.29, 0.717) is 5.56 Å². The zero-order chi connectivity index (χ0) is 16.2. The molecule has 0 aliphatic rings. The first-order valence-corrected chi connectivity index (χ1v) is 7.41. The maximum Gasteiger partial charge on any atom is 0.257 e. The first-order chi connectivity index (χ1) is 11.1. The van der Waals surface area contributed by atoms with Crippen molar-refractivity contribution in [3.63, 3.8) is 0 Å². The molecule has 5 nitrogen and oxygen atoms in total. The number of aromatic nitrogens is 3. The van der Waals surface area contributed by atoms with Crippen molar-refractivity contribution in [3.05, 3.63) is 77.6 Å². The first kappa shape index (κ1) is 15.0. The predicted octanol–water partition coefficient (Wildman–Crippen LogP) is 3.20. The number of imidazole rings is 1. The molecule has 2 heterocycles. The van der Waals surface area contributed by atoms with Crippen molar-refractivity contribution in [2.45, 2.75) is 20.4 Å². The third-order valence-corrected chi connectivity index (χ3v) is 3.60. The largest absolute Gasteiger partial charge is 0.331 e. The average Bonchev–Trinajstić information content (AvgIpc) is 2.93. The molecule has 3 aromatic rings. The molecular formula is C18H18N4O. The number of hydrogen-bond donors (Lipinski definition) is 1. The van der Waals surface area contributed by atoms with Crippen molar-refractivity contribution in [1.29, 1.82) is 0 Å². The van der Waals surface area contributed by atoms with Gasteiger partial charge in [0.1, 0.15) is 5.82 Å². The van der Waals surface area contributed by atoms with Crippen LogP contribution in [0.2, 0.25) is 0 Å². The van der Waals surface area contributed by atoms with Gasteiger partial charge in [-0.1, -0.05) is 12.1 Å². The second-order valence-electron chi connectivity index (χ2n) is 5.51. The van der Waals surface area contributed by atoms with Crippen molar-refractivity contribution in [3.8, 4) is 0 Å². The predicted molar refractivity (Wildman–Crippen MR) is 89.4 cm³/mol. The average molecular weight is 306 g/mol. The van der Waals surface area contributed by atoms with Crippen LogP contribution in [0.25, 0.3) is 0 Å². The Morgan fingerprint density at radius 1 is 1.22 bits per heavy atom. The summed E-state index contributed by atoms with van der Waals surface area (Å²) in [6.07, 6.45) is 7.02. The minimum absolute atomic E-state index is 0.155. The molecule has 0 bridgehead atoms. The molecule has 0 radical (unpaired) electrons. The zero-order valence-electron chi connectivity index (χ0n) is 13.2. The number of nitrogens with zero attached hydrogens (tertiary/aromatic N) is 3. The van der Waals surface area contributed by atoms with Gasteiger partial charge in [-0.2, -0.15) is 0 Å². The Morgan fingerprint density at radius 3 is 2.83 bits per heavy atom. The number of anilines is 1. The monoisotopic (exact) mass is 306 g/mol. The normalized spacial score (nSPS) is 10.5. The van der Waals surface area contributed by atoms with E-state index in [2.05, 4.69) is 19.9 Å². The summed E-state index contributed by atoms with van der Waals surface area (Å²) in [6.45, 7) is 4.61. The molecule has 3 rings (SSSR count). The van der Waals surface area contributed by atoms with Crippen molar-refractivity contribution in [1.82, 2.24) is 14.5 Å². The molecule has 23 heavy (non-hydrogen) atoms. The summed E-state index contributed by atoms with van der Waals surface area (Å²) in [5.74, 6) is 0.808. The fourth-order valence-electron chi connectivity index (χ4n) is 2.40. The highest BCUT2D eigenvalue weighted by Gasteiger charge is 2.07. The third-order valence-electron chi connectivity index (χ3n) is 3.60. The molecule has 1 N–H and O–H groups in total. The Labute approximate surface area is 135 Å². The number of carbonyl (C=O) groups is 1. The highest BCUT2D eigenvalue weighted by atomic mass is 16.1. The minimum Gasteiger partial charge on any atom is -0.331 e. The van der Waals surface area contributed by atoms with E-state index in [4.69, 9.17) is 0 Å². The Bertz CT molecular complexity index is 838. The molecule has 0 atom stereocenters. The van der Waals surface area contributed by atoms with Crippen molar-refractivity contribution in [2.24, 2.45) is 0 Å². The van der Waals surface area contributed by atoms with Gasteiger partial charge in [-0.15, -0.1) is 0 Å². The fraction of sp³-hybridized carbons (Fsp3) is 0.167. The van der Waals surface area contributed by atoms with Crippen molar-refractivity contribution in [2.75, 3.05) is 5.32 Å². The number of carbonyl (C=O) groups excluding carboxylic acids is 1. The molecule has 0 aliphatic heterocycles. The van der Waals surface area contributed by atoms with E-state index < -0.39 is 0 Å². The SMILES string of the molecule is Cc1cncc(C(=O)Nc2cccc(Cn3ccnc3C)c2)c1. The number of benzene rings is 1. The molecule has 0 spiro atoms. The second-order valence-corrected chi connectivity index (χ2v) is 5.51. The maximum absolute atomic E-state index is 12.3. The van der Waals surface area contributed by atoms with Gasteiger partial charge in [0.05, 0.1) is 5.56 Å². The Morgan fingerprint density at radius 2 is 2.09 bits per heavy atom. The lowest BCUT2D eigenvalue weighted by atomic mass is 10.1. The lowest BCUT2D eigenvalue weighted by molar-refractivity contribution is 0.102. The summed E-state index contributed by atoms with van der Waals surface area (Å²) in [6, 6.07) is 9.64. The number of pyridine rings is 1. The molecule has 116 valence electrons. The molecule has 0 unspecified atom stereocenters. The molecule has 1 aromatic carbocycles. The summed E-state index contributed by atoms with van der Waals surface area (Å²) in [5.41, 5.74) is 3.39. The lowest BCUT2D eigenvalue weighted by Crippen LogP contribution is -2.12. The van der Waals surface area contributed by atoms with Gasteiger partial charge in [-0.3, -0.25) is 9.78 Å². The highest BCUT2D eigenvalue weighted by molar-refractivity contribution is 6.04. The summed E-state index contributed by atoms with van der Waals surface area (Å²) >= 11 is 0. The van der Waals surface area contributed by atoms with Crippen LogP contribution in [0.4, 0.5) is 5.69 Å². The lowest BCUT2D eigenvalue weighted by Gasteiger charge is -2.09. The van der Waals surface area contributed by atoms with Crippen LogP contribution in [0.5, 0.6) is 0 Å². The van der Waals surface area contributed by atoms with E-state index in [1.807, 2.05) is 50.4 Å². The van der Waals surface area contributed by atoms with Gasteiger partial charge < -0.3 is 9.88 Å². The van der Waals surface area contributed by atoms with Crippen molar-refractivity contribution < 1.29 is 4.79 Å². The van der Waals surface area contributed by atoms with Gasteiger partial charge in [0.25, 0.3) is 5.91 Å². The molecule has 0 saturated heterocycles. The molecular weight excluding hydrogens is 288 g/mol. The van der Waals surface area contributed by atoms with Gasteiger partial charge in [-0.05, 0) is 43.2 Å². The molecule has 0 saturated carbocycles. The van der Waals surface area contributed by atoms with Crippen LogP contribution in [0.1, 0.15) is 27.3 Å². The van der Waals surface area contributed by atoms with E-state index in [1.54, 1.807) is 18.6 Å². The minimum atomic E-state index is -0.155. The molecule has 1 amide bonds. The molecule has 2 aromatic heterocycles. The van der Waals surface area contributed by atoms with Crippen LogP contribution in [-0.2, 0) is 6.54 Å². The maximum atomic E-state index is 12.3. The van der Waals surface area contributed by atoms with E-state index >= 15 is 0 Å². The summed E-state index contributed by atoms with van der Waals surface area (Å²) < 4.78 is 2.06. The quantitative estimate of drug-likeness (QED) is 0.805. The van der Waals surface area contributed by atoms with Crippen LogP contribution in [0, 0.1) is 13.8 Å². The zero-order valence-corrected chi connectivity index (χ0v) is 13.2. The Balaban J connectivity index is 1.75. The molecule has 0 fully saturated rings. The van der Waals surface area contributed by atoms with Crippen LogP contribution in [0.3, 0.4) is 0 Å². The summed E-state index contributed by atoms with van der Waals surface area (Å²) in [4.78, 5) is 20.6. The molecule has 5 heteroatoms. The number of rotatable bonds is 4. The Hall–Kier alpha value is -2.95. The van der Waals surface area contributed by atoms with Gasteiger partial charge in [0.2, 0.25) is 0 Å². The van der Waals surface area contributed by atoms with Gasteiger partial charge in [0, 0.05) is 37.0 Å². The van der Waals surface area contributed by atoms with Gasteiger partial charge in [-0.25, -0.2) is 4.98 Å². The van der Waals surface area contributed by atoms with Crippen LogP contribution >= 0.6 is 0 Å². The fourth-order valence-corrected chi connectivity index (χ4v) is 2.40. The number of amides is 1. The second kappa shape index (κ2) is 6.44. The van der Waals surface area contributed by atoms with E-state index in [0.717, 1.165) is 29.2 Å². The van der Waals surface area contributed by atoms with Crippen LogP contribution < -0.4 is 5.32 Å². The van der Waals surface area contributed by atoms with E-state index in [-0.39, 0.29) is 5.91 Å². The number of aryl methyl sites for hydroxylation is 2. The van der Waals surface area contributed by atoms with Crippen LogP contribution in [-0.4, -0.2) is 20.4 Å². The Kier molecular flexibility index (Phi) is 4.19. The highest BCUT2D eigenvalue weighted by Crippen LogP contribution is 2.14. The number of nitrogens with one attached hydrogen (secondary N) is 1.